The van der Waals surface area contributed by atoms with Gasteiger partial charge in [-0.1, -0.05) is 12.1 Å². The van der Waals surface area contributed by atoms with Crippen molar-refractivity contribution in [3.05, 3.63) is 65.4 Å². The number of carbonyl (C=O) groups is 2. The minimum Gasteiger partial charge on any atom is -0.340 e. The lowest BCUT2D eigenvalue weighted by Gasteiger charge is -2.14. The zero-order valence-corrected chi connectivity index (χ0v) is 13.8. The molecule has 2 amide bonds. The van der Waals surface area contributed by atoms with E-state index in [0.717, 1.165) is 5.69 Å². The first-order chi connectivity index (χ1) is 11.6. The molecule has 0 spiro atoms. The molecular weight excluding hydrogens is 324 g/mol. The van der Waals surface area contributed by atoms with Crippen LogP contribution in [0.1, 0.15) is 16.6 Å². The largest absolute Gasteiger partial charge is 0.340 e. The van der Waals surface area contributed by atoms with Crippen molar-refractivity contribution >= 4 is 28.8 Å². The van der Waals surface area contributed by atoms with Crippen LogP contribution < -0.4 is 10.6 Å². The number of nitrogens with one attached hydrogen (secondary N) is 2. The standard InChI is InChI=1S/C17H16N4O2S/c1-12(19-17(23)15-6-3-9-24-15)16(22)20-13-4-2-5-14(10-13)21-8-7-18-11-21/h2-12H,1H3,(H,19,23)(H,20,22). The van der Waals surface area contributed by atoms with E-state index in [0.29, 0.717) is 10.6 Å². The number of imidazole rings is 1. The Labute approximate surface area is 143 Å². The van der Waals surface area contributed by atoms with Gasteiger partial charge in [0.05, 0.1) is 11.2 Å². The molecule has 0 aliphatic rings. The molecule has 3 rings (SSSR count). The molecule has 0 aliphatic carbocycles. The summed E-state index contributed by atoms with van der Waals surface area (Å²) in [5, 5.41) is 7.32. The molecule has 0 bridgehead atoms. The summed E-state index contributed by atoms with van der Waals surface area (Å²) in [5.74, 6) is -0.525. The minimum atomic E-state index is -0.642. The van der Waals surface area contributed by atoms with Crippen molar-refractivity contribution in [2.75, 3.05) is 5.32 Å². The van der Waals surface area contributed by atoms with E-state index in [4.69, 9.17) is 0 Å². The molecule has 1 unspecified atom stereocenters. The second-order valence-corrected chi connectivity index (χ2v) is 6.13. The Kier molecular flexibility index (Phi) is 4.72. The Morgan fingerprint density at radius 1 is 1.25 bits per heavy atom. The molecule has 0 saturated heterocycles. The lowest BCUT2D eigenvalue weighted by atomic mass is 10.2. The van der Waals surface area contributed by atoms with Crippen LogP contribution in [-0.4, -0.2) is 27.4 Å². The van der Waals surface area contributed by atoms with Gasteiger partial charge in [-0.3, -0.25) is 9.59 Å². The molecule has 2 N–H and O–H groups in total. The Morgan fingerprint density at radius 3 is 2.83 bits per heavy atom. The Balaban J connectivity index is 1.64. The quantitative estimate of drug-likeness (QED) is 0.750. The predicted octanol–water partition coefficient (Wildman–Crippen LogP) is 2.69. The molecule has 2 aromatic heterocycles. The number of hydrogen-bond acceptors (Lipinski definition) is 4. The molecule has 2 heterocycles. The number of aromatic nitrogens is 2. The summed E-state index contributed by atoms with van der Waals surface area (Å²) in [7, 11) is 0. The van der Waals surface area contributed by atoms with E-state index >= 15 is 0 Å². The molecule has 0 aliphatic heterocycles. The number of amides is 2. The normalized spacial score (nSPS) is 11.7. The van der Waals surface area contributed by atoms with Crippen molar-refractivity contribution in [1.29, 1.82) is 0 Å². The summed E-state index contributed by atoms with van der Waals surface area (Å²) in [5.41, 5.74) is 1.55. The van der Waals surface area contributed by atoms with Crippen LogP contribution in [0.15, 0.2) is 60.5 Å². The third-order valence-corrected chi connectivity index (χ3v) is 4.27. The van der Waals surface area contributed by atoms with Gasteiger partial charge < -0.3 is 15.2 Å². The maximum Gasteiger partial charge on any atom is 0.261 e. The van der Waals surface area contributed by atoms with Crippen molar-refractivity contribution in [2.24, 2.45) is 0 Å². The van der Waals surface area contributed by atoms with Gasteiger partial charge in [0.15, 0.2) is 0 Å². The molecule has 0 fully saturated rings. The van der Waals surface area contributed by atoms with Crippen LogP contribution in [-0.2, 0) is 4.79 Å². The van der Waals surface area contributed by atoms with Crippen LogP contribution in [0, 0.1) is 0 Å². The third kappa shape index (κ3) is 3.69. The van der Waals surface area contributed by atoms with Crippen LogP contribution in [0.4, 0.5) is 5.69 Å². The highest BCUT2D eigenvalue weighted by Crippen LogP contribution is 2.15. The molecule has 7 heteroatoms. The van der Waals surface area contributed by atoms with Crippen molar-refractivity contribution in [2.45, 2.75) is 13.0 Å². The first-order valence-electron chi connectivity index (χ1n) is 7.37. The van der Waals surface area contributed by atoms with Crippen LogP contribution in [0.25, 0.3) is 5.69 Å². The molecule has 1 aromatic carbocycles. The molecule has 122 valence electrons. The maximum absolute atomic E-state index is 12.3. The summed E-state index contributed by atoms with van der Waals surface area (Å²) >= 11 is 1.34. The SMILES string of the molecule is CC(NC(=O)c1cccs1)C(=O)Nc1cccc(-n2ccnc2)c1. The fraction of sp³-hybridized carbons (Fsp3) is 0.118. The molecule has 0 radical (unpaired) electrons. The summed E-state index contributed by atoms with van der Waals surface area (Å²) in [6.07, 6.45) is 5.20. The highest BCUT2D eigenvalue weighted by molar-refractivity contribution is 7.12. The topological polar surface area (TPSA) is 76.0 Å². The van der Waals surface area contributed by atoms with Crippen molar-refractivity contribution < 1.29 is 9.59 Å². The highest BCUT2D eigenvalue weighted by Gasteiger charge is 2.17. The van der Waals surface area contributed by atoms with Crippen molar-refractivity contribution in [3.8, 4) is 5.69 Å². The molecule has 0 saturated carbocycles. The number of benzene rings is 1. The van der Waals surface area contributed by atoms with Gasteiger partial charge >= 0.3 is 0 Å². The lowest BCUT2D eigenvalue weighted by Crippen LogP contribution is -2.41. The third-order valence-electron chi connectivity index (χ3n) is 3.40. The van der Waals surface area contributed by atoms with Gasteiger partial charge in [0, 0.05) is 23.8 Å². The monoisotopic (exact) mass is 340 g/mol. The van der Waals surface area contributed by atoms with E-state index in [1.165, 1.54) is 11.3 Å². The number of hydrogen-bond donors (Lipinski definition) is 2. The van der Waals surface area contributed by atoms with Gasteiger partial charge in [-0.15, -0.1) is 11.3 Å². The Morgan fingerprint density at radius 2 is 2.12 bits per heavy atom. The van der Waals surface area contributed by atoms with E-state index in [1.807, 2.05) is 34.3 Å². The van der Waals surface area contributed by atoms with Crippen molar-refractivity contribution in [3.63, 3.8) is 0 Å². The molecular formula is C17H16N4O2S. The lowest BCUT2D eigenvalue weighted by molar-refractivity contribution is -0.117. The second kappa shape index (κ2) is 7.10. The van der Waals surface area contributed by atoms with Gasteiger partial charge in [0.1, 0.15) is 6.04 Å². The molecule has 24 heavy (non-hydrogen) atoms. The maximum atomic E-state index is 12.3. The van der Waals surface area contributed by atoms with Crippen LogP contribution in [0.3, 0.4) is 0 Å². The van der Waals surface area contributed by atoms with E-state index < -0.39 is 6.04 Å². The number of carbonyl (C=O) groups excluding carboxylic acids is 2. The van der Waals surface area contributed by atoms with Crippen LogP contribution in [0.5, 0.6) is 0 Å². The zero-order valence-electron chi connectivity index (χ0n) is 13.0. The first-order valence-corrected chi connectivity index (χ1v) is 8.25. The Bertz CT molecular complexity index is 828. The second-order valence-electron chi connectivity index (χ2n) is 5.18. The number of thiophene rings is 1. The number of anilines is 1. The van der Waals surface area contributed by atoms with Crippen LogP contribution in [0.2, 0.25) is 0 Å². The van der Waals surface area contributed by atoms with Crippen LogP contribution >= 0.6 is 11.3 Å². The summed E-state index contributed by atoms with van der Waals surface area (Å²) in [4.78, 5) is 28.8. The van der Waals surface area contributed by atoms with Gasteiger partial charge in [-0.25, -0.2) is 4.98 Å². The fourth-order valence-electron chi connectivity index (χ4n) is 2.15. The average molecular weight is 340 g/mol. The summed E-state index contributed by atoms with van der Waals surface area (Å²) in [6, 6.07) is 10.3. The van der Waals surface area contributed by atoms with E-state index in [-0.39, 0.29) is 11.8 Å². The summed E-state index contributed by atoms with van der Waals surface area (Å²) < 4.78 is 1.84. The summed E-state index contributed by atoms with van der Waals surface area (Å²) in [6.45, 7) is 1.65. The van der Waals surface area contributed by atoms with Gasteiger partial charge in [0.25, 0.3) is 5.91 Å². The fourth-order valence-corrected chi connectivity index (χ4v) is 2.77. The van der Waals surface area contributed by atoms with Gasteiger partial charge in [-0.05, 0) is 36.6 Å². The van der Waals surface area contributed by atoms with E-state index in [2.05, 4.69) is 15.6 Å². The average Bonchev–Trinajstić information content (AvgIpc) is 3.28. The first kappa shape index (κ1) is 15.9. The molecule has 6 nitrogen and oxygen atoms in total. The van der Waals surface area contributed by atoms with Gasteiger partial charge in [-0.2, -0.15) is 0 Å². The smallest absolute Gasteiger partial charge is 0.261 e. The van der Waals surface area contributed by atoms with Gasteiger partial charge in [0.2, 0.25) is 5.91 Å². The number of nitrogens with zero attached hydrogens (tertiary/aromatic N) is 2. The van der Waals surface area contributed by atoms with Crippen molar-refractivity contribution in [1.82, 2.24) is 14.9 Å². The zero-order chi connectivity index (χ0) is 16.9. The predicted molar refractivity (Wildman–Crippen MR) is 93.4 cm³/mol. The highest BCUT2D eigenvalue weighted by atomic mass is 32.1. The molecule has 3 aromatic rings. The minimum absolute atomic E-state index is 0.250. The Hall–Kier alpha value is -2.93. The molecule has 1 atom stereocenters. The number of rotatable bonds is 5. The van der Waals surface area contributed by atoms with E-state index in [1.54, 1.807) is 37.6 Å². The van der Waals surface area contributed by atoms with E-state index in [9.17, 15) is 9.59 Å².